The van der Waals surface area contributed by atoms with E-state index < -0.39 is 5.41 Å². The van der Waals surface area contributed by atoms with E-state index in [1.165, 1.54) is 109 Å². The number of para-hydroxylation sites is 3. The number of benzene rings is 10. The summed E-state index contributed by atoms with van der Waals surface area (Å²) in [6.07, 6.45) is 0. The molecule has 1 aliphatic heterocycles. The summed E-state index contributed by atoms with van der Waals surface area (Å²) in [4.78, 5) is 2.51. The van der Waals surface area contributed by atoms with Crippen LogP contribution < -0.4 is 4.90 Å². The van der Waals surface area contributed by atoms with Gasteiger partial charge in [0.2, 0.25) is 0 Å². The molecule has 65 heavy (non-hydrogen) atoms. The molecule has 1 atom stereocenters. The van der Waals surface area contributed by atoms with Gasteiger partial charge >= 0.3 is 0 Å². The van der Waals surface area contributed by atoms with Crippen LogP contribution in [0, 0.1) is 0 Å². The van der Waals surface area contributed by atoms with Crippen LogP contribution in [0.3, 0.4) is 0 Å². The molecule has 12 aromatic rings. The predicted octanol–water partition coefficient (Wildman–Crippen LogP) is 16.5. The molecule has 10 aromatic carbocycles. The Morgan fingerprint density at radius 3 is 1.88 bits per heavy atom. The van der Waals surface area contributed by atoms with Crippen LogP contribution in [0.25, 0.3) is 81.0 Å². The minimum atomic E-state index is -0.528. The van der Waals surface area contributed by atoms with Gasteiger partial charge in [-0.2, -0.15) is 0 Å². The average molecular weight is 845 g/mol. The maximum atomic E-state index is 2.52. The Morgan fingerprint density at radius 2 is 1.00 bits per heavy atom. The van der Waals surface area contributed by atoms with Gasteiger partial charge in [-0.3, -0.25) is 0 Å². The number of anilines is 2. The van der Waals surface area contributed by atoms with Crippen LogP contribution in [0.1, 0.15) is 27.8 Å². The second-order valence-corrected chi connectivity index (χ2v) is 18.7. The van der Waals surface area contributed by atoms with Crippen molar-refractivity contribution in [3.05, 3.63) is 258 Å². The normalized spacial score (nSPS) is 14.6. The monoisotopic (exact) mass is 844 g/mol. The van der Waals surface area contributed by atoms with Gasteiger partial charge in [0, 0.05) is 48.9 Å². The summed E-state index contributed by atoms with van der Waals surface area (Å²) in [7, 11) is 0. The Labute approximate surface area is 381 Å². The van der Waals surface area contributed by atoms with Crippen LogP contribution >= 0.6 is 11.3 Å². The van der Waals surface area contributed by atoms with Gasteiger partial charge in [0.25, 0.3) is 0 Å². The van der Waals surface area contributed by atoms with Crippen LogP contribution in [0.4, 0.5) is 11.4 Å². The number of rotatable bonds is 6. The lowest BCUT2D eigenvalue weighted by Gasteiger charge is -2.40. The molecule has 0 saturated carbocycles. The summed E-state index contributed by atoms with van der Waals surface area (Å²) >= 11 is 1.87. The summed E-state index contributed by atoms with van der Waals surface area (Å²) in [6.45, 7) is 0.709. The van der Waals surface area contributed by atoms with Gasteiger partial charge in [-0.25, -0.2) is 0 Å². The van der Waals surface area contributed by atoms with Crippen molar-refractivity contribution in [2.24, 2.45) is 0 Å². The Hall–Kier alpha value is -7.98. The molecule has 0 saturated heterocycles. The summed E-state index contributed by atoms with van der Waals surface area (Å²) in [5.41, 5.74) is 19.6. The van der Waals surface area contributed by atoms with Gasteiger partial charge in [-0.05, 0) is 116 Å². The molecule has 0 fully saturated rings. The van der Waals surface area contributed by atoms with E-state index in [1.54, 1.807) is 0 Å². The van der Waals surface area contributed by atoms with Gasteiger partial charge in [-0.15, -0.1) is 11.3 Å². The molecule has 0 amide bonds. The van der Waals surface area contributed by atoms with E-state index >= 15 is 0 Å². The van der Waals surface area contributed by atoms with Crippen LogP contribution in [0.5, 0.6) is 0 Å². The van der Waals surface area contributed by atoms with Gasteiger partial charge in [0.05, 0.1) is 22.1 Å². The van der Waals surface area contributed by atoms with Crippen molar-refractivity contribution in [3.8, 4) is 39.1 Å². The fourth-order valence-electron chi connectivity index (χ4n) is 11.4. The van der Waals surface area contributed by atoms with Crippen molar-refractivity contribution < 1.29 is 0 Å². The average Bonchev–Trinajstić information content (AvgIpc) is 4.02. The first-order valence-electron chi connectivity index (χ1n) is 22.5. The molecule has 1 spiro atoms. The van der Waals surface area contributed by atoms with Gasteiger partial charge in [0.15, 0.2) is 0 Å². The number of hydrogen-bond donors (Lipinski definition) is 0. The number of thiophene rings is 1. The Bertz CT molecular complexity index is 3860. The summed E-state index contributed by atoms with van der Waals surface area (Å²) in [5.74, 6) is 0. The van der Waals surface area contributed by atoms with Crippen molar-refractivity contribution >= 4 is 64.7 Å². The van der Waals surface area contributed by atoms with Gasteiger partial charge < -0.3 is 9.47 Å². The molecule has 3 heterocycles. The Balaban J connectivity index is 0.958. The lowest BCUT2D eigenvalue weighted by molar-refractivity contribution is 0.748. The minimum Gasteiger partial charge on any atom is -0.337 e. The molecular weight excluding hydrogens is 805 g/mol. The van der Waals surface area contributed by atoms with E-state index in [2.05, 4.69) is 240 Å². The highest BCUT2D eigenvalue weighted by Crippen LogP contribution is 2.61. The SMILES string of the molecule is c1ccc(-c2ccc(CN(c3ccc(-c4ccc5sc6ccccc6c5c4)cc3)c3ccc4c(c3)C3(c5ccccc5-4)c4ccccc4-n4c5ccccc5c5cccc3c54)cc2)cc1. The van der Waals surface area contributed by atoms with Crippen molar-refractivity contribution in [2.75, 3.05) is 4.90 Å². The van der Waals surface area contributed by atoms with E-state index in [0.29, 0.717) is 6.54 Å². The highest BCUT2D eigenvalue weighted by Gasteiger charge is 2.51. The summed E-state index contributed by atoms with van der Waals surface area (Å²) < 4.78 is 5.18. The molecule has 2 aromatic heterocycles. The molecule has 3 heteroatoms. The van der Waals surface area contributed by atoms with Crippen LogP contribution in [0.2, 0.25) is 0 Å². The van der Waals surface area contributed by atoms with E-state index in [1.807, 2.05) is 11.3 Å². The van der Waals surface area contributed by atoms with E-state index in [0.717, 1.165) is 11.4 Å². The first-order valence-corrected chi connectivity index (χ1v) is 23.3. The number of nitrogens with zero attached hydrogens (tertiary/aromatic N) is 2. The number of aromatic nitrogens is 1. The second kappa shape index (κ2) is 14.0. The zero-order valence-corrected chi connectivity index (χ0v) is 36.3. The maximum absolute atomic E-state index is 2.52. The molecule has 14 rings (SSSR count). The Kier molecular flexibility index (Phi) is 7.87. The third-order valence-corrected chi connectivity index (χ3v) is 15.4. The molecule has 0 radical (unpaired) electrons. The minimum absolute atomic E-state index is 0.528. The predicted molar refractivity (Wildman–Crippen MR) is 274 cm³/mol. The lowest BCUT2D eigenvalue weighted by atomic mass is 9.65. The Morgan fingerprint density at radius 1 is 0.385 bits per heavy atom. The third kappa shape index (κ3) is 5.28. The highest BCUT2D eigenvalue weighted by molar-refractivity contribution is 7.25. The number of hydrogen-bond acceptors (Lipinski definition) is 2. The van der Waals surface area contributed by atoms with Gasteiger partial charge in [-0.1, -0.05) is 176 Å². The highest BCUT2D eigenvalue weighted by atomic mass is 32.1. The van der Waals surface area contributed by atoms with Crippen LogP contribution in [-0.2, 0) is 12.0 Å². The zero-order valence-electron chi connectivity index (χ0n) is 35.4. The third-order valence-electron chi connectivity index (χ3n) is 14.3. The maximum Gasteiger partial charge on any atom is 0.0755 e. The molecule has 2 nitrogen and oxygen atoms in total. The van der Waals surface area contributed by atoms with Crippen molar-refractivity contribution in [1.29, 1.82) is 0 Å². The standard InChI is InChI=1S/C62H40N2S/c1-2-13-41(14-3-1)42-27-25-40(26-28-42)39-63(45-32-29-43(30-33-45)44-31-36-60-52(37-44)50-17-6-11-24-59(50)65-60)46-34-35-48-47-15-4-7-19-53(47)62(56(48)38-46)54-20-8-10-23-58(54)64-57-22-9-5-16-49(57)51-18-12-21-55(62)61(51)64/h1-38H,39H2. The van der Waals surface area contributed by atoms with Gasteiger partial charge in [0.1, 0.15) is 0 Å². The second-order valence-electron chi connectivity index (χ2n) is 17.6. The van der Waals surface area contributed by atoms with E-state index in [-0.39, 0.29) is 0 Å². The first kappa shape index (κ1) is 36.5. The first-order chi connectivity index (χ1) is 32.2. The molecular formula is C62H40N2S. The largest absolute Gasteiger partial charge is 0.337 e. The fraction of sp³-hybridized carbons (Fsp3) is 0.0323. The summed E-state index contributed by atoms with van der Waals surface area (Å²) in [6, 6.07) is 86.2. The smallest absolute Gasteiger partial charge is 0.0755 e. The van der Waals surface area contributed by atoms with Crippen LogP contribution in [-0.4, -0.2) is 4.57 Å². The molecule has 0 bridgehead atoms. The van der Waals surface area contributed by atoms with Crippen molar-refractivity contribution in [3.63, 3.8) is 0 Å². The van der Waals surface area contributed by atoms with E-state index in [9.17, 15) is 0 Å². The molecule has 304 valence electrons. The molecule has 2 aliphatic rings. The molecule has 0 N–H and O–H groups in total. The van der Waals surface area contributed by atoms with Crippen molar-refractivity contribution in [2.45, 2.75) is 12.0 Å². The summed E-state index contributed by atoms with van der Waals surface area (Å²) in [5, 5.41) is 5.22. The number of fused-ring (bicyclic) bond motifs is 15. The fourth-order valence-corrected chi connectivity index (χ4v) is 12.5. The molecule has 1 aliphatic carbocycles. The topological polar surface area (TPSA) is 8.17 Å². The zero-order chi connectivity index (χ0) is 42.6. The lowest BCUT2D eigenvalue weighted by Crippen LogP contribution is -2.33. The quantitative estimate of drug-likeness (QED) is 0.162. The van der Waals surface area contributed by atoms with Crippen molar-refractivity contribution in [1.82, 2.24) is 4.57 Å². The van der Waals surface area contributed by atoms with Crippen LogP contribution in [0.15, 0.2) is 231 Å². The van der Waals surface area contributed by atoms with E-state index in [4.69, 9.17) is 0 Å². The molecule has 1 unspecified atom stereocenters.